The van der Waals surface area contributed by atoms with Gasteiger partial charge in [-0.2, -0.15) is 0 Å². The molecule has 5 N–H and O–H groups in total. The molecular weight excluding hydrogens is 971 g/mol. The van der Waals surface area contributed by atoms with Crippen molar-refractivity contribution in [3.05, 3.63) is 113 Å². The number of carbonyl (C=O) groups is 5. The second-order valence-electron chi connectivity index (χ2n) is 23.3. The molecule has 0 unspecified atom stereocenters. The number of nitrogens with one attached hydrogen (secondary N) is 5. The van der Waals surface area contributed by atoms with Gasteiger partial charge in [-0.15, -0.1) is 11.3 Å². The van der Waals surface area contributed by atoms with E-state index in [0.29, 0.717) is 10.8 Å². The van der Waals surface area contributed by atoms with Gasteiger partial charge in [0, 0.05) is 17.5 Å². The van der Waals surface area contributed by atoms with Crippen LogP contribution in [0.25, 0.3) is 0 Å². The molecule has 74 heavy (non-hydrogen) atoms. The summed E-state index contributed by atoms with van der Waals surface area (Å²) >= 11 is 1.29. The molecular formula is C57H83N7O8SSi. The molecule has 0 saturated carbocycles. The largest absolute Gasteiger partial charge is 0.469 e. The second-order valence-corrected chi connectivity index (χ2v) is 28.5. The number of amidine groups is 1. The van der Waals surface area contributed by atoms with Gasteiger partial charge in [0.1, 0.15) is 34.6 Å². The molecule has 6 atom stereocenters. The number of hydrogen-bond acceptors (Lipinski definition) is 11. The van der Waals surface area contributed by atoms with Crippen LogP contribution >= 0.6 is 11.3 Å². The van der Waals surface area contributed by atoms with Gasteiger partial charge in [-0.1, -0.05) is 174 Å². The second kappa shape index (κ2) is 26.0. The summed E-state index contributed by atoms with van der Waals surface area (Å²) in [6.07, 6.45) is 0.686. The van der Waals surface area contributed by atoms with Crippen molar-refractivity contribution in [3.8, 4) is 0 Å². The van der Waals surface area contributed by atoms with Crippen molar-refractivity contribution in [3.63, 3.8) is 0 Å². The highest BCUT2D eigenvalue weighted by Crippen LogP contribution is 2.37. The molecule has 3 aromatic carbocycles. The molecule has 1 aromatic heterocycles. The highest BCUT2D eigenvalue weighted by Gasteiger charge is 2.50. The number of thiazole rings is 1. The van der Waals surface area contributed by atoms with Crippen LogP contribution in [0, 0.1) is 16.7 Å². The molecule has 0 aliphatic heterocycles. The normalized spacial score (nSPS) is 15.1. The highest BCUT2D eigenvalue weighted by atomic mass is 32.1. The maximum Gasteiger partial charge on any atom is 0.408 e. The molecule has 4 aromatic rings. The van der Waals surface area contributed by atoms with Gasteiger partial charge in [-0.3, -0.25) is 24.2 Å². The first kappa shape index (κ1) is 60.6. The number of amides is 4. The summed E-state index contributed by atoms with van der Waals surface area (Å²) in [6.45, 7) is 29.3. The Morgan fingerprint density at radius 1 is 0.649 bits per heavy atom. The van der Waals surface area contributed by atoms with Crippen molar-refractivity contribution in [1.82, 2.24) is 31.6 Å². The van der Waals surface area contributed by atoms with E-state index in [1.807, 2.05) is 129 Å². The van der Waals surface area contributed by atoms with Crippen LogP contribution in [0.3, 0.4) is 0 Å². The highest BCUT2D eigenvalue weighted by molar-refractivity contribution is 7.09. The lowest BCUT2D eigenvalue weighted by Crippen LogP contribution is -2.66. The molecule has 4 amide bonds. The third-order valence-electron chi connectivity index (χ3n) is 12.6. The summed E-state index contributed by atoms with van der Waals surface area (Å²) in [7, 11) is -1.72. The fourth-order valence-electron chi connectivity index (χ4n) is 8.79. The van der Waals surface area contributed by atoms with Gasteiger partial charge in [-0.25, -0.2) is 9.78 Å². The number of esters is 1. The van der Waals surface area contributed by atoms with E-state index in [9.17, 15) is 19.2 Å². The van der Waals surface area contributed by atoms with E-state index in [-0.39, 0.29) is 30.5 Å². The van der Waals surface area contributed by atoms with Crippen LogP contribution < -0.4 is 37.0 Å². The molecule has 15 nitrogen and oxygen atoms in total. The molecule has 1 heterocycles. The molecule has 0 aliphatic rings. The Morgan fingerprint density at radius 2 is 1.18 bits per heavy atom. The van der Waals surface area contributed by atoms with Gasteiger partial charge in [0.05, 0.1) is 38.8 Å². The molecule has 0 bridgehead atoms. The maximum absolute atomic E-state index is 15.3. The standard InChI is InChI=1S/C57H83N7O8SSi/c1-37(2)44(62-53(69)72-56(10,11)12)49(66)64-46(54(4,5)6)48(58-32-34-71-74(57(13,14)15,40-28-22-18-23-29-40)41-30-24-19-25-31-41)63-47(55(7,8)9)51(68)61-45(38(3)39-26-20-17-21-27-39)50(67)60-42(36-43(65)70-16)52-59-33-35-73-52/h17-31,33,35,37-38,42,44-47H,32,34,36H2,1-16H3,(H,58,63)(H,60,67)(H,61,68)(H,62,69)(H,64,66)/t38-,42+,44-,45-,46+,47+/m0/s1. The quantitative estimate of drug-likeness (QED) is 0.0178. The summed E-state index contributed by atoms with van der Waals surface area (Å²) in [5.41, 5.74) is -1.57. The number of carbonyl (C=O) groups excluding carboxylic acids is 5. The molecule has 4 rings (SSSR count). The van der Waals surface area contributed by atoms with Gasteiger partial charge < -0.3 is 40.5 Å². The predicted molar refractivity (Wildman–Crippen MR) is 298 cm³/mol. The number of benzene rings is 3. The third kappa shape index (κ3) is 16.8. The van der Waals surface area contributed by atoms with E-state index in [0.717, 1.165) is 15.9 Å². The number of methoxy groups -OCH3 is 1. The van der Waals surface area contributed by atoms with Crippen LogP contribution in [0.5, 0.6) is 0 Å². The molecule has 0 saturated heterocycles. The van der Waals surface area contributed by atoms with Crippen molar-refractivity contribution < 1.29 is 37.9 Å². The van der Waals surface area contributed by atoms with Crippen molar-refractivity contribution in [2.24, 2.45) is 21.7 Å². The van der Waals surface area contributed by atoms with E-state index in [1.165, 1.54) is 18.4 Å². The van der Waals surface area contributed by atoms with Crippen LogP contribution in [0.2, 0.25) is 5.04 Å². The van der Waals surface area contributed by atoms with Crippen LogP contribution in [0.1, 0.15) is 133 Å². The number of rotatable bonds is 21. The van der Waals surface area contributed by atoms with Crippen LogP contribution in [0.15, 0.2) is 108 Å². The van der Waals surface area contributed by atoms with E-state index in [2.05, 4.69) is 76.6 Å². The first-order chi connectivity index (χ1) is 34.5. The Hall–Kier alpha value is -5.91. The Kier molecular flexibility index (Phi) is 21.3. The average molecular weight is 1050 g/mol. The lowest BCUT2D eigenvalue weighted by Gasteiger charge is -2.43. The van der Waals surface area contributed by atoms with Crippen molar-refractivity contribution in [2.75, 3.05) is 20.3 Å². The fraction of sp³-hybridized carbons (Fsp3) is 0.526. The SMILES string of the molecule is COC(=O)C[C@@H](NC(=O)[C@@H](NC(=O)[C@@H](NC(=NCCO[Si](c1ccccc1)(c1ccccc1)C(C)(C)C)[C@@H](NC(=O)[C@@H](NC(=O)OC(C)(C)C)C(C)C)C(C)(C)C)C(C)(C)C)[C@@H](C)c1ccccc1)c1nccs1. The van der Waals surface area contributed by atoms with Gasteiger partial charge in [0.15, 0.2) is 0 Å². The average Bonchev–Trinajstić information content (AvgIpc) is 3.87. The maximum atomic E-state index is 15.3. The number of aliphatic imine (C=N–C) groups is 1. The zero-order chi connectivity index (χ0) is 55.2. The van der Waals surface area contributed by atoms with Crippen LogP contribution in [-0.4, -0.2) is 99.0 Å². The number of nitrogens with zero attached hydrogens (tertiary/aromatic N) is 2. The van der Waals surface area contributed by atoms with Gasteiger partial charge in [0.2, 0.25) is 17.7 Å². The Bertz CT molecular complexity index is 2430. The smallest absolute Gasteiger partial charge is 0.408 e. The Morgan fingerprint density at radius 3 is 1.64 bits per heavy atom. The Balaban J connectivity index is 1.85. The lowest BCUT2D eigenvalue weighted by atomic mass is 9.82. The number of aromatic nitrogens is 1. The lowest BCUT2D eigenvalue weighted by molar-refractivity contribution is -0.141. The van der Waals surface area contributed by atoms with Crippen LogP contribution in [-0.2, 0) is 33.1 Å². The summed E-state index contributed by atoms with van der Waals surface area (Å²) in [4.78, 5) is 80.0. The molecule has 0 fully saturated rings. The van der Waals surface area contributed by atoms with Gasteiger partial charge in [-0.05, 0) is 58.5 Å². The first-order valence-electron chi connectivity index (χ1n) is 25.5. The minimum Gasteiger partial charge on any atom is -0.469 e. The number of ether oxygens (including phenoxy) is 2. The van der Waals surface area contributed by atoms with Crippen molar-refractivity contribution in [1.29, 1.82) is 0 Å². The summed E-state index contributed by atoms with van der Waals surface area (Å²) < 4.78 is 17.8. The number of alkyl carbamates (subject to hydrolysis) is 1. The minimum atomic E-state index is -3.00. The van der Waals surface area contributed by atoms with Gasteiger partial charge >= 0.3 is 12.1 Å². The first-order valence-corrected chi connectivity index (χ1v) is 28.3. The monoisotopic (exact) mass is 1050 g/mol. The predicted octanol–water partition coefficient (Wildman–Crippen LogP) is 8.21. The molecule has 0 spiro atoms. The molecule has 0 aliphatic carbocycles. The summed E-state index contributed by atoms with van der Waals surface area (Å²) in [6, 6.07) is 25.1. The Labute approximate surface area is 445 Å². The zero-order valence-electron chi connectivity index (χ0n) is 46.5. The van der Waals surface area contributed by atoms with E-state index in [4.69, 9.17) is 18.9 Å². The molecule has 404 valence electrons. The fourth-order valence-corrected chi connectivity index (χ4v) is 14.0. The van der Waals surface area contributed by atoms with Gasteiger partial charge in [0.25, 0.3) is 8.32 Å². The molecule has 0 radical (unpaired) electrons. The zero-order valence-corrected chi connectivity index (χ0v) is 48.4. The molecule has 17 heteroatoms. The van der Waals surface area contributed by atoms with E-state index in [1.54, 1.807) is 32.3 Å². The number of hydrogen-bond donors (Lipinski definition) is 5. The summed E-state index contributed by atoms with van der Waals surface area (Å²) in [5.74, 6) is -2.65. The van der Waals surface area contributed by atoms with Crippen molar-refractivity contribution >= 4 is 65.6 Å². The topological polar surface area (TPSA) is 198 Å². The van der Waals surface area contributed by atoms with Crippen molar-refractivity contribution in [2.45, 2.75) is 157 Å². The van der Waals surface area contributed by atoms with Crippen LogP contribution in [0.4, 0.5) is 4.79 Å². The summed E-state index contributed by atoms with van der Waals surface area (Å²) in [5, 5.41) is 19.8. The third-order valence-corrected chi connectivity index (χ3v) is 18.6. The van der Waals surface area contributed by atoms with E-state index >= 15 is 4.79 Å². The van der Waals surface area contributed by atoms with E-state index < -0.39 is 90.7 Å². The minimum absolute atomic E-state index is 0.131.